The minimum Gasteiger partial charge on any atom is -0.507 e. The van der Waals surface area contributed by atoms with Crippen molar-refractivity contribution in [3.63, 3.8) is 0 Å². The first-order valence-electron chi connectivity index (χ1n) is 6.82. The number of phenols is 1. The summed E-state index contributed by atoms with van der Waals surface area (Å²) in [6.07, 6.45) is 4.67. The summed E-state index contributed by atoms with van der Waals surface area (Å²) in [6.45, 7) is 0.417. The maximum Gasteiger partial charge on any atom is 0.158 e. The van der Waals surface area contributed by atoms with E-state index in [9.17, 15) is 5.11 Å². The van der Waals surface area contributed by atoms with Gasteiger partial charge < -0.3 is 15.2 Å². The Morgan fingerprint density at radius 1 is 1.30 bits per heavy atom. The first kappa shape index (κ1) is 14.5. The molecule has 0 spiro atoms. The summed E-state index contributed by atoms with van der Waals surface area (Å²) in [4.78, 5) is 12.4. The summed E-state index contributed by atoms with van der Waals surface area (Å²) in [5.74, 6) is 1.82. The van der Waals surface area contributed by atoms with E-state index in [1.165, 1.54) is 12.4 Å². The largest absolute Gasteiger partial charge is 0.507 e. The Bertz CT molecular complexity index is 835. The summed E-state index contributed by atoms with van der Waals surface area (Å²) in [5, 5.41) is 21.8. The Kier molecular flexibility index (Phi) is 3.89. The number of phenolic OH excluding ortho intramolecular Hbond substituents is 1. The fourth-order valence-electron chi connectivity index (χ4n) is 2.25. The lowest BCUT2D eigenvalue weighted by Gasteiger charge is -2.10. The monoisotopic (exact) mass is 307 g/mol. The number of methoxy groups -OCH3 is 1. The van der Waals surface area contributed by atoms with E-state index in [-0.39, 0.29) is 11.4 Å². The lowest BCUT2D eigenvalue weighted by molar-refractivity contribution is 0.405. The molecule has 1 aromatic carbocycles. The van der Waals surface area contributed by atoms with E-state index >= 15 is 0 Å². The van der Waals surface area contributed by atoms with Crippen molar-refractivity contribution in [2.75, 3.05) is 19.0 Å². The summed E-state index contributed by atoms with van der Waals surface area (Å²) in [5.41, 5.74) is 1.71. The zero-order valence-corrected chi connectivity index (χ0v) is 12.3. The van der Waals surface area contributed by atoms with E-state index in [1.54, 1.807) is 25.3 Å². The maximum absolute atomic E-state index is 10.1. The van der Waals surface area contributed by atoms with Gasteiger partial charge in [0.05, 0.1) is 31.6 Å². The molecule has 0 atom stereocenters. The average molecular weight is 307 g/mol. The van der Waals surface area contributed by atoms with E-state index in [2.05, 4.69) is 20.3 Å². The van der Waals surface area contributed by atoms with E-state index in [4.69, 9.17) is 10.00 Å². The number of aliphatic imine (C=N–C) groups is 1. The number of aromatic hydroxyl groups is 1. The first-order valence-corrected chi connectivity index (χ1v) is 6.82. The highest BCUT2D eigenvalue weighted by Crippen LogP contribution is 2.35. The molecule has 0 bridgehead atoms. The van der Waals surface area contributed by atoms with Crippen LogP contribution in [0, 0.1) is 11.3 Å². The van der Waals surface area contributed by atoms with E-state index in [1.807, 2.05) is 12.1 Å². The highest BCUT2D eigenvalue weighted by Gasteiger charge is 2.18. The second kappa shape index (κ2) is 6.15. The Morgan fingerprint density at radius 3 is 2.87 bits per heavy atom. The van der Waals surface area contributed by atoms with Gasteiger partial charge in [0.2, 0.25) is 0 Å². The van der Waals surface area contributed by atoms with Gasteiger partial charge in [0, 0.05) is 0 Å². The lowest BCUT2D eigenvalue weighted by Crippen LogP contribution is -2.08. The minimum atomic E-state index is 0.144. The van der Waals surface area contributed by atoms with Gasteiger partial charge in [0.15, 0.2) is 5.69 Å². The van der Waals surface area contributed by atoms with Crippen molar-refractivity contribution in [1.29, 1.82) is 5.26 Å². The highest BCUT2D eigenvalue weighted by atomic mass is 16.5. The Morgan fingerprint density at radius 2 is 2.17 bits per heavy atom. The van der Waals surface area contributed by atoms with Crippen LogP contribution in [0.25, 0.3) is 5.57 Å². The lowest BCUT2D eigenvalue weighted by atomic mass is 10.0. The van der Waals surface area contributed by atoms with Crippen LogP contribution in [0.15, 0.2) is 41.7 Å². The topological polar surface area (TPSA) is 103 Å². The molecule has 114 valence electrons. The van der Waals surface area contributed by atoms with Crippen LogP contribution in [-0.2, 0) is 0 Å². The fraction of sp³-hybridized carbons (Fsp3) is 0.125. The van der Waals surface area contributed by atoms with Gasteiger partial charge in [0.1, 0.15) is 29.2 Å². The Labute approximate surface area is 132 Å². The number of nitriles is 1. The van der Waals surface area contributed by atoms with Gasteiger partial charge in [-0.25, -0.2) is 9.97 Å². The van der Waals surface area contributed by atoms with Crippen molar-refractivity contribution in [3.8, 4) is 17.6 Å². The first-order chi connectivity index (χ1) is 11.2. The molecule has 7 nitrogen and oxygen atoms in total. The number of amidine groups is 1. The van der Waals surface area contributed by atoms with E-state index in [0.717, 1.165) is 5.57 Å². The number of benzene rings is 1. The zero-order chi connectivity index (χ0) is 16.2. The van der Waals surface area contributed by atoms with Crippen molar-refractivity contribution in [3.05, 3.63) is 47.9 Å². The average Bonchev–Trinajstić information content (AvgIpc) is 3.03. The van der Waals surface area contributed by atoms with Gasteiger partial charge in [0.25, 0.3) is 0 Å². The van der Waals surface area contributed by atoms with Crippen LogP contribution in [0.5, 0.6) is 11.5 Å². The third kappa shape index (κ3) is 2.96. The van der Waals surface area contributed by atoms with Crippen LogP contribution in [0.2, 0.25) is 0 Å². The molecule has 3 rings (SSSR count). The van der Waals surface area contributed by atoms with Crippen LogP contribution < -0.4 is 10.1 Å². The molecule has 1 aliphatic rings. The number of hydrogen-bond acceptors (Lipinski definition) is 7. The fourth-order valence-corrected chi connectivity index (χ4v) is 2.25. The molecule has 2 N–H and O–H groups in total. The van der Waals surface area contributed by atoms with Gasteiger partial charge in [-0.1, -0.05) is 6.07 Å². The van der Waals surface area contributed by atoms with Crippen LogP contribution in [0.1, 0.15) is 11.3 Å². The molecule has 23 heavy (non-hydrogen) atoms. The third-order valence-electron chi connectivity index (χ3n) is 3.30. The maximum atomic E-state index is 10.1. The van der Waals surface area contributed by atoms with Crippen molar-refractivity contribution < 1.29 is 9.84 Å². The number of nitrogens with zero attached hydrogens (tertiary/aromatic N) is 4. The molecule has 1 aliphatic heterocycles. The van der Waals surface area contributed by atoms with Crippen molar-refractivity contribution in [2.24, 2.45) is 4.99 Å². The SMILES string of the molecule is COc1cccc(O)c1C1=CC(Nc2cnc(C#N)cn2)=NC1. The molecule has 0 saturated heterocycles. The van der Waals surface area contributed by atoms with Gasteiger partial charge in [-0.15, -0.1) is 0 Å². The summed E-state index contributed by atoms with van der Waals surface area (Å²) >= 11 is 0. The molecular formula is C16H13N5O2. The second-order valence-electron chi connectivity index (χ2n) is 4.75. The molecule has 0 unspecified atom stereocenters. The Balaban J connectivity index is 1.82. The number of hydrogen-bond donors (Lipinski definition) is 2. The number of nitrogens with one attached hydrogen (secondary N) is 1. The predicted molar refractivity (Wildman–Crippen MR) is 85.3 cm³/mol. The van der Waals surface area contributed by atoms with Gasteiger partial charge in [-0.2, -0.15) is 5.26 Å². The van der Waals surface area contributed by atoms with Gasteiger partial charge in [-0.05, 0) is 23.8 Å². The van der Waals surface area contributed by atoms with Crippen LogP contribution >= 0.6 is 0 Å². The van der Waals surface area contributed by atoms with Crippen LogP contribution in [-0.4, -0.2) is 34.6 Å². The molecule has 0 aliphatic carbocycles. The molecule has 7 heteroatoms. The minimum absolute atomic E-state index is 0.144. The van der Waals surface area contributed by atoms with Crippen molar-refractivity contribution in [2.45, 2.75) is 0 Å². The number of ether oxygens (including phenoxy) is 1. The normalized spacial score (nSPS) is 13.0. The van der Waals surface area contributed by atoms with Crippen molar-refractivity contribution >= 4 is 17.2 Å². The predicted octanol–water partition coefficient (Wildman–Crippen LogP) is 1.97. The summed E-state index contributed by atoms with van der Waals surface area (Å²) in [6, 6.07) is 7.02. The summed E-state index contributed by atoms with van der Waals surface area (Å²) in [7, 11) is 1.56. The zero-order valence-electron chi connectivity index (χ0n) is 12.3. The third-order valence-corrected chi connectivity index (χ3v) is 3.30. The standard InChI is InChI=1S/C16H13N5O2/c1-23-13-4-2-3-12(22)16(13)10-5-14(19-7-10)21-15-9-18-11(6-17)8-20-15/h2-5,8-9,22H,7H2,1H3,(H,19,20,21). The van der Waals surface area contributed by atoms with Gasteiger partial charge in [-0.3, -0.25) is 4.99 Å². The van der Waals surface area contributed by atoms with Crippen LogP contribution in [0.3, 0.4) is 0 Å². The number of aromatic nitrogens is 2. The molecular weight excluding hydrogens is 294 g/mol. The van der Waals surface area contributed by atoms with E-state index < -0.39 is 0 Å². The second-order valence-corrected chi connectivity index (χ2v) is 4.75. The molecule has 1 aromatic heterocycles. The smallest absolute Gasteiger partial charge is 0.158 e. The number of anilines is 1. The molecule has 0 amide bonds. The molecule has 0 fully saturated rings. The Hall–Kier alpha value is -3.40. The molecule has 0 saturated carbocycles. The highest BCUT2D eigenvalue weighted by molar-refractivity contribution is 6.11. The quantitative estimate of drug-likeness (QED) is 0.898. The van der Waals surface area contributed by atoms with Gasteiger partial charge >= 0.3 is 0 Å². The van der Waals surface area contributed by atoms with Crippen LogP contribution in [0.4, 0.5) is 5.82 Å². The molecule has 2 heterocycles. The molecule has 2 aromatic rings. The number of rotatable bonds is 3. The van der Waals surface area contributed by atoms with E-state index in [0.29, 0.717) is 29.5 Å². The van der Waals surface area contributed by atoms with Crippen molar-refractivity contribution in [1.82, 2.24) is 9.97 Å². The summed E-state index contributed by atoms with van der Waals surface area (Å²) < 4.78 is 5.29. The molecule has 0 radical (unpaired) electrons.